The van der Waals surface area contributed by atoms with E-state index < -0.39 is 16.6 Å². The number of anilines is 1. The predicted octanol–water partition coefficient (Wildman–Crippen LogP) is 1.63. The Hall–Kier alpha value is -1.93. The molecule has 1 aromatic carbocycles. The average molecular weight is 312 g/mol. The lowest BCUT2D eigenvalue weighted by molar-refractivity contribution is 0.102. The molecule has 1 heterocycles. The Morgan fingerprint density at radius 1 is 1.45 bits per heavy atom. The number of nitrogens with one attached hydrogen (secondary N) is 1. The van der Waals surface area contributed by atoms with Gasteiger partial charge < -0.3 is 5.11 Å². The lowest BCUT2D eigenvalue weighted by Crippen LogP contribution is -2.13. The first-order valence-electron chi connectivity index (χ1n) is 5.75. The topological polar surface area (TPSA) is 96.4 Å². The standard InChI is InChI=1S/C12H12N2O4S2/c1-2-7-8(4-3-5-9(7)15)11(16)14-12-13-6-10(19-12)20(17)18/h3-6,15,20H,2H2,1H3,(H,13,14,16). The number of phenols is 1. The van der Waals surface area contributed by atoms with Gasteiger partial charge in [0, 0.05) is 11.1 Å². The second-order valence-corrected chi connectivity index (χ2v) is 6.20. The molecule has 0 unspecified atom stereocenters. The molecule has 0 aliphatic rings. The number of thiazole rings is 1. The number of carbonyl (C=O) groups is 1. The minimum Gasteiger partial charge on any atom is -0.508 e. The van der Waals surface area contributed by atoms with Crippen molar-refractivity contribution < 1.29 is 18.3 Å². The summed E-state index contributed by atoms with van der Waals surface area (Å²) in [5.41, 5.74) is 0.882. The lowest BCUT2D eigenvalue weighted by Gasteiger charge is -2.08. The van der Waals surface area contributed by atoms with Crippen LogP contribution in [0, 0.1) is 0 Å². The monoisotopic (exact) mass is 312 g/mol. The fraction of sp³-hybridized carbons (Fsp3) is 0.167. The second-order valence-electron chi connectivity index (χ2n) is 3.87. The van der Waals surface area contributed by atoms with Crippen LogP contribution in [0.2, 0.25) is 0 Å². The van der Waals surface area contributed by atoms with Crippen molar-refractivity contribution in [1.29, 1.82) is 0 Å². The average Bonchev–Trinajstić information content (AvgIpc) is 2.87. The minimum absolute atomic E-state index is 0.0580. The van der Waals surface area contributed by atoms with E-state index in [1.807, 2.05) is 6.92 Å². The Morgan fingerprint density at radius 2 is 2.20 bits per heavy atom. The zero-order valence-electron chi connectivity index (χ0n) is 10.5. The first kappa shape index (κ1) is 14.5. The molecule has 0 radical (unpaired) electrons. The third kappa shape index (κ3) is 2.97. The normalized spacial score (nSPS) is 10.7. The Balaban J connectivity index is 2.26. The van der Waals surface area contributed by atoms with Gasteiger partial charge in [-0.25, -0.2) is 13.4 Å². The Bertz CT molecular complexity index is 714. The number of hydrogen-bond donors (Lipinski definition) is 3. The van der Waals surface area contributed by atoms with Crippen molar-refractivity contribution in [2.45, 2.75) is 17.6 Å². The molecule has 20 heavy (non-hydrogen) atoms. The predicted molar refractivity (Wildman–Crippen MR) is 76.1 cm³/mol. The van der Waals surface area contributed by atoms with Crippen LogP contribution in [0.1, 0.15) is 22.8 Å². The molecular weight excluding hydrogens is 300 g/mol. The van der Waals surface area contributed by atoms with Gasteiger partial charge in [0.05, 0.1) is 6.20 Å². The van der Waals surface area contributed by atoms with Crippen molar-refractivity contribution in [3.63, 3.8) is 0 Å². The number of hydrogen-bond acceptors (Lipinski definition) is 6. The smallest absolute Gasteiger partial charge is 0.257 e. The molecule has 2 N–H and O–H groups in total. The third-order valence-corrected chi connectivity index (χ3v) is 4.56. The van der Waals surface area contributed by atoms with E-state index in [-0.39, 0.29) is 15.1 Å². The Labute approximate surface area is 121 Å². The van der Waals surface area contributed by atoms with E-state index >= 15 is 0 Å². The summed E-state index contributed by atoms with van der Waals surface area (Å²) >= 11 is 0.880. The van der Waals surface area contributed by atoms with Crippen LogP contribution in [0.3, 0.4) is 0 Å². The zero-order chi connectivity index (χ0) is 14.7. The molecule has 0 atom stereocenters. The van der Waals surface area contributed by atoms with Gasteiger partial charge in [0.15, 0.2) is 15.8 Å². The van der Waals surface area contributed by atoms with Crippen LogP contribution < -0.4 is 5.32 Å². The van der Waals surface area contributed by atoms with Gasteiger partial charge >= 0.3 is 0 Å². The number of nitrogens with zero attached hydrogens (tertiary/aromatic N) is 1. The van der Waals surface area contributed by atoms with Gasteiger partial charge in [0.1, 0.15) is 9.96 Å². The van der Waals surface area contributed by atoms with Crippen LogP contribution in [0.4, 0.5) is 5.13 Å². The number of thiol groups is 1. The number of benzene rings is 1. The van der Waals surface area contributed by atoms with E-state index in [4.69, 9.17) is 0 Å². The van der Waals surface area contributed by atoms with E-state index in [1.165, 1.54) is 12.3 Å². The van der Waals surface area contributed by atoms with Crippen molar-refractivity contribution in [3.05, 3.63) is 35.5 Å². The van der Waals surface area contributed by atoms with Crippen LogP contribution in [-0.2, 0) is 17.1 Å². The summed E-state index contributed by atoms with van der Waals surface area (Å²) in [7, 11) is -2.70. The quantitative estimate of drug-likeness (QED) is 0.746. The number of phenolic OH excluding ortho intramolecular Hbond substituents is 1. The lowest BCUT2D eigenvalue weighted by atomic mass is 10.0. The number of carbonyl (C=O) groups excluding carboxylic acids is 1. The highest BCUT2D eigenvalue weighted by Crippen LogP contribution is 2.24. The van der Waals surface area contributed by atoms with Crippen LogP contribution >= 0.6 is 11.3 Å². The van der Waals surface area contributed by atoms with Crippen molar-refractivity contribution in [3.8, 4) is 5.75 Å². The van der Waals surface area contributed by atoms with Crippen molar-refractivity contribution >= 4 is 33.1 Å². The highest BCUT2D eigenvalue weighted by atomic mass is 32.2. The van der Waals surface area contributed by atoms with Crippen molar-refractivity contribution in [2.24, 2.45) is 0 Å². The maximum atomic E-state index is 12.1. The van der Waals surface area contributed by atoms with Crippen LogP contribution in [-0.4, -0.2) is 24.4 Å². The largest absolute Gasteiger partial charge is 0.508 e. The van der Waals surface area contributed by atoms with E-state index in [2.05, 4.69) is 10.3 Å². The molecule has 0 bridgehead atoms. The summed E-state index contributed by atoms with van der Waals surface area (Å²) in [4.78, 5) is 15.9. The van der Waals surface area contributed by atoms with Gasteiger partial charge in [-0.1, -0.05) is 24.3 Å². The number of aromatic nitrogens is 1. The van der Waals surface area contributed by atoms with Crippen LogP contribution in [0.25, 0.3) is 0 Å². The molecule has 0 aliphatic heterocycles. The molecule has 0 fully saturated rings. The second kappa shape index (κ2) is 6.02. The summed E-state index contributed by atoms with van der Waals surface area (Å²) in [5, 5.41) is 12.4. The van der Waals surface area contributed by atoms with Gasteiger partial charge in [-0.15, -0.1) is 0 Å². The van der Waals surface area contributed by atoms with Gasteiger partial charge in [-0.3, -0.25) is 10.1 Å². The molecule has 0 saturated heterocycles. The molecule has 0 aliphatic carbocycles. The van der Waals surface area contributed by atoms with Crippen LogP contribution in [0.15, 0.2) is 28.6 Å². The van der Waals surface area contributed by atoms with E-state index in [0.29, 0.717) is 17.5 Å². The maximum absolute atomic E-state index is 12.1. The highest BCUT2D eigenvalue weighted by molar-refractivity contribution is 7.75. The summed E-state index contributed by atoms with van der Waals surface area (Å²) in [5.74, 6) is -0.373. The summed E-state index contributed by atoms with van der Waals surface area (Å²) < 4.78 is 21.6. The first-order valence-corrected chi connectivity index (χ1v) is 7.74. The Morgan fingerprint density at radius 3 is 2.80 bits per heavy atom. The summed E-state index contributed by atoms with van der Waals surface area (Å²) in [6.45, 7) is 1.83. The molecule has 2 aromatic rings. The molecule has 0 saturated carbocycles. The van der Waals surface area contributed by atoms with Gasteiger partial charge in [0.25, 0.3) is 5.91 Å². The van der Waals surface area contributed by atoms with Gasteiger partial charge in [0.2, 0.25) is 0 Å². The number of rotatable bonds is 4. The summed E-state index contributed by atoms with van der Waals surface area (Å²) in [6.07, 6.45) is 1.69. The van der Waals surface area contributed by atoms with Crippen LogP contribution in [0.5, 0.6) is 5.75 Å². The van der Waals surface area contributed by atoms with Crippen molar-refractivity contribution in [1.82, 2.24) is 4.98 Å². The highest BCUT2D eigenvalue weighted by Gasteiger charge is 2.15. The molecule has 8 heteroatoms. The number of amides is 1. The Kier molecular flexibility index (Phi) is 4.35. The van der Waals surface area contributed by atoms with Gasteiger partial charge in [-0.2, -0.15) is 0 Å². The molecule has 6 nitrogen and oxygen atoms in total. The maximum Gasteiger partial charge on any atom is 0.257 e. The van der Waals surface area contributed by atoms with Gasteiger partial charge in [-0.05, 0) is 18.6 Å². The number of aromatic hydroxyl groups is 1. The minimum atomic E-state index is -2.70. The molecule has 0 spiro atoms. The zero-order valence-corrected chi connectivity index (χ0v) is 12.2. The third-order valence-electron chi connectivity index (χ3n) is 2.64. The van der Waals surface area contributed by atoms with E-state index in [1.54, 1.807) is 12.1 Å². The fourth-order valence-corrected chi connectivity index (χ4v) is 2.99. The fourth-order valence-electron chi connectivity index (χ4n) is 1.73. The van der Waals surface area contributed by atoms with E-state index in [0.717, 1.165) is 11.3 Å². The molecule has 2 rings (SSSR count). The molecule has 1 amide bonds. The first-order chi connectivity index (χ1) is 9.52. The summed E-state index contributed by atoms with van der Waals surface area (Å²) in [6, 6.07) is 4.68. The SMILES string of the molecule is CCc1c(O)cccc1C(=O)Nc1ncc([SH](=O)=O)s1. The van der Waals surface area contributed by atoms with Crippen molar-refractivity contribution in [2.75, 3.05) is 5.32 Å². The molecule has 106 valence electrons. The van der Waals surface area contributed by atoms with E-state index in [9.17, 15) is 18.3 Å². The molecule has 1 aromatic heterocycles. The molecular formula is C12H12N2O4S2.